The molecule has 170 valence electrons. The number of rotatable bonds is 9. The molecule has 1 fully saturated rings. The summed E-state index contributed by atoms with van der Waals surface area (Å²) in [5, 5.41) is 0. The Labute approximate surface area is 195 Å². The minimum Gasteiger partial charge on any atom is -0.493 e. The first-order valence-corrected chi connectivity index (χ1v) is 11.2. The summed E-state index contributed by atoms with van der Waals surface area (Å²) in [5.41, 5.74) is 5.18. The summed E-state index contributed by atoms with van der Waals surface area (Å²) < 4.78 is 17.2. The van der Waals surface area contributed by atoms with Crippen LogP contribution in [-0.4, -0.2) is 39.6 Å². The third-order valence-corrected chi connectivity index (χ3v) is 5.55. The van der Waals surface area contributed by atoms with Crippen molar-refractivity contribution >= 4 is 17.6 Å². The van der Waals surface area contributed by atoms with Gasteiger partial charge in [-0.15, -0.1) is 6.58 Å². The Morgan fingerprint density at radius 2 is 1.79 bits per heavy atom. The van der Waals surface area contributed by atoms with Crippen LogP contribution < -0.4 is 14.4 Å². The molecule has 0 N–H and O–H groups in total. The smallest absolute Gasteiger partial charge is 0.165 e. The van der Waals surface area contributed by atoms with E-state index in [1.807, 2.05) is 60.8 Å². The molecule has 3 aromatic carbocycles. The molecule has 33 heavy (non-hydrogen) atoms. The molecule has 4 rings (SSSR count). The molecular weight excluding hydrogens is 412 g/mol. The average Bonchev–Trinajstić information content (AvgIpc) is 2.88. The zero-order valence-corrected chi connectivity index (χ0v) is 19.1. The first-order valence-electron chi connectivity index (χ1n) is 11.2. The lowest BCUT2D eigenvalue weighted by Gasteiger charge is -2.28. The number of aliphatic imine (C=N–C) groups is 1. The Balaban J connectivity index is 1.51. The van der Waals surface area contributed by atoms with Crippen LogP contribution in [-0.2, 0) is 17.8 Å². The molecule has 0 radical (unpaired) electrons. The molecule has 5 nitrogen and oxygen atoms in total. The fraction of sp³-hybridized carbons (Fsp3) is 0.250. The van der Waals surface area contributed by atoms with Crippen molar-refractivity contribution in [3.05, 3.63) is 96.1 Å². The topological polar surface area (TPSA) is 43.3 Å². The van der Waals surface area contributed by atoms with Crippen molar-refractivity contribution in [2.75, 3.05) is 38.3 Å². The van der Waals surface area contributed by atoms with Crippen LogP contribution in [0.25, 0.3) is 0 Å². The van der Waals surface area contributed by atoms with Gasteiger partial charge in [-0.3, -0.25) is 4.99 Å². The number of hydrogen-bond donors (Lipinski definition) is 0. The van der Waals surface area contributed by atoms with Crippen LogP contribution in [0.1, 0.15) is 16.7 Å². The van der Waals surface area contributed by atoms with Crippen molar-refractivity contribution in [2.45, 2.75) is 13.0 Å². The number of morpholine rings is 1. The lowest BCUT2D eigenvalue weighted by atomic mass is 10.1. The van der Waals surface area contributed by atoms with Gasteiger partial charge in [0.25, 0.3) is 0 Å². The molecule has 5 heteroatoms. The molecule has 0 atom stereocenters. The number of anilines is 1. The predicted molar refractivity (Wildman–Crippen MR) is 134 cm³/mol. The van der Waals surface area contributed by atoms with Gasteiger partial charge in [-0.1, -0.05) is 36.4 Å². The van der Waals surface area contributed by atoms with Crippen molar-refractivity contribution in [2.24, 2.45) is 4.99 Å². The van der Waals surface area contributed by atoms with Gasteiger partial charge < -0.3 is 19.1 Å². The molecule has 3 aromatic rings. The van der Waals surface area contributed by atoms with Gasteiger partial charge in [0.2, 0.25) is 0 Å². The molecule has 0 aliphatic carbocycles. The van der Waals surface area contributed by atoms with Crippen LogP contribution >= 0.6 is 0 Å². The number of hydrogen-bond acceptors (Lipinski definition) is 5. The predicted octanol–water partition coefficient (Wildman–Crippen LogP) is 5.59. The fourth-order valence-electron chi connectivity index (χ4n) is 3.83. The van der Waals surface area contributed by atoms with E-state index in [0.717, 1.165) is 54.4 Å². The lowest BCUT2D eigenvalue weighted by molar-refractivity contribution is 0.122. The van der Waals surface area contributed by atoms with Crippen LogP contribution in [0.4, 0.5) is 11.4 Å². The summed E-state index contributed by atoms with van der Waals surface area (Å²) in [4.78, 5) is 7.00. The van der Waals surface area contributed by atoms with Crippen LogP contribution in [0.5, 0.6) is 11.5 Å². The van der Waals surface area contributed by atoms with Gasteiger partial charge in [-0.05, 0) is 53.9 Å². The zero-order valence-electron chi connectivity index (χ0n) is 19.1. The molecular formula is C28H30N2O3. The summed E-state index contributed by atoms with van der Waals surface area (Å²) in [6.07, 6.45) is 4.41. The minimum absolute atomic E-state index is 0.476. The first-order chi connectivity index (χ1) is 16.3. The molecule has 1 aliphatic rings. The Morgan fingerprint density at radius 1 is 1.03 bits per heavy atom. The van der Waals surface area contributed by atoms with Crippen molar-refractivity contribution in [1.29, 1.82) is 0 Å². The van der Waals surface area contributed by atoms with E-state index >= 15 is 0 Å². The molecule has 0 spiro atoms. The monoisotopic (exact) mass is 442 g/mol. The number of methoxy groups -OCH3 is 1. The van der Waals surface area contributed by atoms with E-state index < -0.39 is 0 Å². The third-order valence-electron chi connectivity index (χ3n) is 5.55. The summed E-state index contributed by atoms with van der Waals surface area (Å²) in [6, 6.07) is 22.5. The highest BCUT2D eigenvalue weighted by atomic mass is 16.5. The van der Waals surface area contributed by atoms with Gasteiger partial charge in [-0.25, -0.2) is 0 Å². The fourth-order valence-corrected chi connectivity index (χ4v) is 3.83. The van der Waals surface area contributed by atoms with E-state index in [9.17, 15) is 0 Å². The summed E-state index contributed by atoms with van der Waals surface area (Å²) >= 11 is 0. The first kappa shape index (κ1) is 22.6. The molecule has 0 aromatic heterocycles. The van der Waals surface area contributed by atoms with Gasteiger partial charge in [0.1, 0.15) is 6.61 Å². The zero-order chi connectivity index (χ0) is 22.9. The summed E-state index contributed by atoms with van der Waals surface area (Å²) in [7, 11) is 1.66. The normalized spacial score (nSPS) is 13.8. The van der Waals surface area contributed by atoms with Gasteiger partial charge in [-0.2, -0.15) is 0 Å². The maximum absolute atomic E-state index is 6.16. The second kappa shape index (κ2) is 11.3. The Hall–Kier alpha value is -3.57. The summed E-state index contributed by atoms with van der Waals surface area (Å²) in [6.45, 7) is 7.78. The van der Waals surface area contributed by atoms with E-state index in [0.29, 0.717) is 18.8 Å². The second-order valence-electron chi connectivity index (χ2n) is 7.85. The summed E-state index contributed by atoms with van der Waals surface area (Å²) in [5.74, 6) is 1.43. The Morgan fingerprint density at radius 3 is 2.48 bits per heavy atom. The van der Waals surface area contributed by atoms with Crippen LogP contribution in [0, 0.1) is 0 Å². The van der Waals surface area contributed by atoms with Gasteiger partial charge in [0, 0.05) is 30.6 Å². The van der Waals surface area contributed by atoms with E-state index in [-0.39, 0.29) is 0 Å². The van der Waals surface area contributed by atoms with E-state index in [4.69, 9.17) is 14.2 Å². The van der Waals surface area contributed by atoms with E-state index in [2.05, 4.69) is 34.7 Å². The molecule has 1 aliphatic heterocycles. The highest BCUT2D eigenvalue weighted by Gasteiger charge is 2.13. The lowest BCUT2D eigenvalue weighted by Crippen LogP contribution is -2.36. The molecule has 0 amide bonds. The molecule has 1 heterocycles. The SMILES string of the molecule is C=CCc1cc(C=Nc2ccc(N3CCOCC3)cc2)cc(OC)c1OCc1ccccc1. The standard InChI is InChI=1S/C28H30N2O3/c1-3-7-24-18-23(19-27(31-2)28(24)33-21-22-8-5-4-6-9-22)20-29-25-10-12-26(13-11-25)30-14-16-32-17-15-30/h3-6,8-13,18-20H,1,7,14-17,21H2,2H3. The molecule has 0 unspecified atom stereocenters. The van der Waals surface area contributed by atoms with Crippen LogP contribution in [0.2, 0.25) is 0 Å². The highest BCUT2D eigenvalue weighted by molar-refractivity contribution is 5.84. The number of nitrogens with zero attached hydrogens (tertiary/aromatic N) is 2. The van der Waals surface area contributed by atoms with Crippen molar-refractivity contribution in [3.63, 3.8) is 0 Å². The molecule has 0 bridgehead atoms. The van der Waals surface area contributed by atoms with Crippen molar-refractivity contribution in [3.8, 4) is 11.5 Å². The maximum atomic E-state index is 6.16. The Kier molecular flexibility index (Phi) is 7.77. The minimum atomic E-state index is 0.476. The largest absolute Gasteiger partial charge is 0.493 e. The second-order valence-corrected chi connectivity index (χ2v) is 7.85. The number of allylic oxidation sites excluding steroid dienone is 1. The van der Waals surface area contributed by atoms with Gasteiger partial charge in [0.15, 0.2) is 11.5 Å². The van der Waals surface area contributed by atoms with Gasteiger partial charge >= 0.3 is 0 Å². The van der Waals surface area contributed by atoms with Gasteiger partial charge in [0.05, 0.1) is 26.0 Å². The average molecular weight is 443 g/mol. The third kappa shape index (κ3) is 6.02. The highest BCUT2D eigenvalue weighted by Crippen LogP contribution is 2.34. The van der Waals surface area contributed by atoms with Crippen molar-refractivity contribution < 1.29 is 14.2 Å². The number of ether oxygens (including phenoxy) is 3. The molecule has 1 saturated heterocycles. The van der Waals surface area contributed by atoms with E-state index in [1.54, 1.807) is 7.11 Å². The number of benzene rings is 3. The van der Waals surface area contributed by atoms with Crippen LogP contribution in [0.15, 0.2) is 84.4 Å². The maximum Gasteiger partial charge on any atom is 0.165 e. The Bertz CT molecular complexity index is 1070. The molecule has 0 saturated carbocycles. The van der Waals surface area contributed by atoms with E-state index in [1.165, 1.54) is 5.69 Å². The quantitative estimate of drug-likeness (QED) is 0.320. The van der Waals surface area contributed by atoms with Crippen molar-refractivity contribution in [1.82, 2.24) is 0 Å². The van der Waals surface area contributed by atoms with Crippen LogP contribution in [0.3, 0.4) is 0 Å².